The van der Waals surface area contributed by atoms with Gasteiger partial charge in [-0.1, -0.05) is 50.2 Å². The normalized spacial score (nSPS) is 11.1. The molecule has 0 aliphatic heterocycles. The molecule has 0 saturated carbocycles. The monoisotopic (exact) mass is 378 g/mol. The Balaban J connectivity index is 1.94. The average molecular weight is 378 g/mol. The van der Waals surface area contributed by atoms with Crippen LogP contribution in [0.25, 0.3) is 17.1 Å². The third-order valence-electron chi connectivity index (χ3n) is 4.53. The van der Waals surface area contributed by atoms with Crippen LogP contribution in [0, 0.1) is 12.8 Å². The summed E-state index contributed by atoms with van der Waals surface area (Å²) in [4.78, 5) is 16.0. The molecular weight excluding hydrogens is 352 g/mol. The molecule has 0 spiro atoms. The predicted octanol–water partition coefficient (Wildman–Crippen LogP) is 3.90. The second-order valence-electron chi connectivity index (χ2n) is 7.25. The van der Waals surface area contributed by atoms with Gasteiger partial charge < -0.3 is 10.5 Å². The van der Waals surface area contributed by atoms with Gasteiger partial charge in [0.05, 0.1) is 12.3 Å². The summed E-state index contributed by atoms with van der Waals surface area (Å²) < 4.78 is 7.50. The standard InChI is InChI=1S/C22H26N4O2/c1-15(2)11-12-28-14-18-13-19(10-9-16(18)3)26-22(17-7-5-4-6-8-17)24-21(25-26)20(23)27/h4-10,13,15H,11-12,14H2,1-3H3,(H2,23,27). The smallest absolute Gasteiger partial charge is 0.288 e. The lowest BCUT2D eigenvalue weighted by Crippen LogP contribution is -2.13. The van der Waals surface area contributed by atoms with Crippen molar-refractivity contribution in [3.63, 3.8) is 0 Å². The minimum atomic E-state index is -0.653. The van der Waals surface area contributed by atoms with E-state index in [0.717, 1.165) is 35.4 Å². The molecule has 6 nitrogen and oxygen atoms in total. The van der Waals surface area contributed by atoms with Crippen LogP contribution in [0.5, 0.6) is 0 Å². The zero-order valence-corrected chi connectivity index (χ0v) is 16.6. The number of rotatable bonds is 8. The quantitative estimate of drug-likeness (QED) is 0.603. The van der Waals surface area contributed by atoms with E-state index in [9.17, 15) is 4.79 Å². The molecule has 0 aliphatic rings. The van der Waals surface area contributed by atoms with Gasteiger partial charge in [-0.3, -0.25) is 4.79 Å². The molecule has 0 fully saturated rings. The molecule has 3 rings (SSSR count). The van der Waals surface area contributed by atoms with Crippen molar-refractivity contribution in [3.05, 3.63) is 65.5 Å². The van der Waals surface area contributed by atoms with Crippen LogP contribution in [0.1, 0.15) is 42.0 Å². The number of carbonyl (C=O) groups excluding carboxylic acids is 1. The molecule has 28 heavy (non-hydrogen) atoms. The molecule has 2 aromatic carbocycles. The number of amides is 1. The molecule has 0 radical (unpaired) electrons. The van der Waals surface area contributed by atoms with E-state index in [-0.39, 0.29) is 5.82 Å². The van der Waals surface area contributed by atoms with Gasteiger partial charge in [0.2, 0.25) is 5.82 Å². The highest BCUT2D eigenvalue weighted by Crippen LogP contribution is 2.23. The van der Waals surface area contributed by atoms with E-state index in [2.05, 4.69) is 30.9 Å². The van der Waals surface area contributed by atoms with Gasteiger partial charge in [0.25, 0.3) is 5.91 Å². The number of aromatic nitrogens is 3. The first-order chi connectivity index (χ1) is 13.5. The summed E-state index contributed by atoms with van der Waals surface area (Å²) in [5.74, 6) is 0.530. The topological polar surface area (TPSA) is 83.0 Å². The summed E-state index contributed by atoms with van der Waals surface area (Å²) in [6.07, 6.45) is 1.03. The lowest BCUT2D eigenvalue weighted by Gasteiger charge is -2.12. The van der Waals surface area contributed by atoms with Gasteiger partial charge in [-0.05, 0) is 42.5 Å². The van der Waals surface area contributed by atoms with Gasteiger partial charge in [0.15, 0.2) is 5.82 Å². The summed E-state index contributed by atoms with van der Waals surface area (Å²) in [7, 11) is 0. The first kappa shape index (κ1) is 19.8. The molecule has 0 saturated heterocycles. The molecule has 1 amide bonds. The lowest BCUT2D eigenvalue weighted by molar-refractivity contribution is 0.0990. The maximum absolute atomic E-state index is 11.6. The van der Waals surface area contributed by atoms with Crippen molar-refractivity contribution in [2.45, 2.75) is 33.8 Å². The van der Waals surface area contributed by atoms with Crippen molar-refractivity contribution in [2.24, 2.45) is 11.7 Å². The highest BCUT2D eigenvalue weighted by molar-refractivity contribution is 5.89. The number of primary amides is 1. The van der Waals surface area contributed by atoms with Crippen molar-refractivity contribution < 1.29 is 9.53 Å². The highest BCUT2D eigenvalue weighted by atomic mass is 16.5. The number of nitrogens with zero attached hydrogens (tertiary/aromatic N) is 3. The van der Waals surface area contributed by atoms with E-state index >= 15 is 0 Å². The van der Waals surface area contributed by atoms with Crippen molar-refractivity contribution in [3.8, 4) is 17.1 Å². The summed E-state index contributed by atoms with van der Waals surface area (Å²) in [6, 6.07) is 15.6. The maximum atomic E-state index is 11.6. The minimum Gasteiger partial charge on any atom is -0.377 e. The number of carbonyl (C=O) groups is 1. The second kappa shape index (κ2) is 8.80. The number of hydrogen-bond acceptors (Lipinski definition) is 4. The molecule has 0 aliphatic carbocycles. The number of ether oxygens (including phenoxy) is 1. The van der Waals surface area contributed by atoms with Crippen molar-refractivity contribution in [2.75, 3.05) is 6.61 Å². The molecule has 146 valence electrons. The van der Waals surface area contributed by atoms with Crippen LogP contribution in [-0.4, -0.2) is 27.3 Å². The summed E-state index contributed by atoms with van der Waals surface area (Å²) in [6.45, 7) is 7.68. The molecule has 0 bridgehead atoms. The number of benzene rings is 2. The van der Waals surface area contributed by atoms with E-state index in [1.165, 1.54) is 0 Å². The van der Waals surface area contributed by atoms with Gasteiger partial charge in [0.1, 0.15) is 0 Å². The van der Waals surface area contributed by atoms with Crippen LogP contribution < -0.4 is 5.73 Å². The lowest BCUT2D eigenvalue weighted by atomic mass is 10.1. The Hall–Kier alpha value is -2.99. The average Bonchev–Trinajstić information content (AvgIpc) is 3.13. The molecule has 0 unspecified atom stereocenters. The molecule has 1 aromatic heterocycles. The largest absolute Gasteiger partial charge is 0.377 e. The summed E-state index contributed by atoms with van der Waals surface area (Å²) >= 11 is 0. The molecule has 0 atom stereocenters. The number of aryl methyl sites for hydroxylation is 1. The molecule has 1 heterocycles. The highest BCUT2D eigenvalue weighted by Gasteiger charge is 2.17. The van der Waals surface area contributed by atoms with E-state index < -0.39 is 5.91 Å². The molecule has 6 heteroatoms. The van der Waals surface area contributed by atoms with E-state index in [1.807, 2.05) is 48.5 Å². The SMILES string of the molecule is Cc1ccc(-n2nc(C(N)=O)nc2-c2ccccc2)cc1COCCC(C)C. The van der Waals surface area contributed by atoms with E-state index in [4.69, 9.17) is 10.5 Å². The molecule has 2 N–H and O–H groups in total. The van der Waals surface area contributed by atoms with E-state index in [0.29, 0.717) is 18.3 Å². The van der Waals surface area contributed by atoms with Crippen LogP contribution in [0.4, 0.5) is 0 Å². The van der Waals surface area contributed by atoms with Crippen molar-refractivity contribution in [1.82, 2.24) is 14.8 Å². The van der Waals surface area contributed by atoms with Crippen LogP contribution >= 0.6 is 0 Å². The zero-order valence-electron chi connectivity index (χ0n) is 16.6. The summed E-state index contributed by atoms with van der Waals surface area (Å²) in [5.41, 5.74) is 9.31. The number of hydrogen-bond donors (Lipinski definition) is 1. The van der Waals surface area contributed by atoms with Crippen LogP contribution in [-0.2, 0) is 11.3 Å². The van der Waals surface area contributed by atoms with Gasteiger partial charge >= 0.3 is 0 Å². The summed E-state index contributed by atoms with van der Waals surface area (Å²) in [5, 5.41) is 4.34. The van der Waals surface area contributed by atoms with Gasteiger partial charge in [-0.25, -0.2) is 9.67 Å². The zero-order chi connectivity index (χ0) is 20.1. The first-order valence-corrected chi connectivity index (χ1v) is 9.45. The van der Waals surface area contributed by atoms with Crippen LogP contribution in [0.3, 0.4) is 0 Å². The van der Waals surface area contributed by atoms with Crippen molar-refractivity contribution >= 4 is 5.91 Å². The fourth-order valence-corrected chi connectivity index (χ4v) is 2.82. The Kier molecular flexibility index (Phi) is 6.21. The van der Waals surface area contributed by atoms with Crippen LogP contribution in [0.2, 0.25) is 0 Å². The Morgan fingerprint density at radius 1 is 1.18 bits per heavy atom. The Morgan fingerprint density at radius 2 is 1.93 bits per heavy atom. The van der Waals surface area contributed by atoms with Gasteiger partial charge in [-0.15, -0.1) is 5.10 Å². The minimum absolute atomic E-state index is 0.00541. The fraction of sp³-hybridized carbons (Fsp3) is 0.318. The fourth-order valence-electron chi connectivity index (χ4n) is 2.82. The molecular formula is C22H26N4O2. The maximum Gasteiger partial charge on any atom is 0.288 e. The Labute approximate surface area is 165 Å². The van der Waals surface area contributed by atoms with Gasteiger partial charge in [0, 0.05) is 12.2 Å². The first-order valence-electron chi connectivity index (χ1n) is 9.45. The Bertz CT molecular complexity index is 948. The van der Waals surface area contributed by atoms with Gasteiger partial charge in [-0.2, -0.15) is 0 Å². The Morgan fingerprint density at radius 3 is 2.61 bits per heavy atom. The van der Waals surface area contributed by atoms with Crippen LogP contribution in [0.15, 0.2) is 48.5 Å². The third kappa shape index (κ3) is 4.64. The second-order valence-corrected chi connectivity index (χ2v) is 7.25. The van der Waals surface area contributed by atoms with E-state index in [1.54, 1.807) is 4.68 Å². The van der Waals surface area contributed by atoms with Crippen molar-refractivity contribution in [1.29, 1.82) is 0 Å². The third-order valence-corrected chi connectivity index (χ3v) is 4.53. The predicted molar refractivity (Wildman–Crippen MR) is 109 cm³/mol. The molecule has 3 aromatic rings. The number of nitrogens with two attached hydrogens (primary N) is 1.